The van der Waals surface area contributed by atoms with E-state index in [4.69, 9.17) is 14.2 Å². The van der Waals surface area contributed by atoms with Gasteiger partial charge >= 0.3 is 6.18 Å². The van der Waals surface area contributed by atoms with Crippen LogP contribution in [0.25, 0.3) is 0 Å². The third-order valence-corrected chi connectivity index (χ3v) is 10.8. The van der Waals surface area contributed by atoms with Gasteiger partial charge < -0.3 is 24.4 Å². The number of benzene rings is 3. The molecule has 272 valence electrons. The van der Waals surface area contributed by atoms with E-state index in [2.05, 4.69) is 35.6 Å². The number of ether oxygens (including phenoxy) is 3. The number of hydrogen-bond donors (Lipinski definition) is 1. The molecule has 0 unspecified atom stereocenters. The topological polar surface area (TPSA) is 94.2 Å². The normalized spacial score (nSPS) is 18.0. The lowest BCUT2D eigenvalue weighted by molar-refractivity contribution is -0.139. The summed E-state index contributed by atoms with van der Waals surface area (Å²) in [4.78, 5) is 14.8. The van der Waals surface area contributed by atoms with Crippen molar-refractivity contribution < 1.29 is 40.6 Å². The molecule has 4 heterocycles. The first-order valence-electron chi connectivity index (χ1n) is 16.9. The van der Waals surface area contributed by atoms with Crippen LogP contribution in [0.1, 0.15) is 87.7 Å². The lowest BCUT2D eigenvalue weighted by atomic mass is 9.90. The van der Waals surface area contributed by atoms with E-state index in [-0.39, 0.29) is 28.6 Å². The van der Waals surface area contributed by atoms with E-state index in [0.717, 1.165) is 75.7 Å². The number of carbonyl (C=O) groups is 1. The lowest BCUT2D eigenvalue weighted by Gasteiger charge is -2.22. The van der Waals surface area contributed by atoms with Crippen molar-refractivity contribution in [2.75, 3.05) is 39.3 Å². The Morgan fingerprint density at radius 1 is 0.820 bits per heavy atom. The second kappa shape index (κ2) is 16.5. The molecule has 0 radical (unpaired) electrons. The number of alkyl halides is 3. The van der Waals surface area contributed by atoms with Crippen LogP contribution >= 0.6 is 12.4 Å². The molecule has 0 bridgehead atoms. The van der Waals surface area contributed by atoms with E-state index < -0.39 is 34.9 Å². The second-order valence-electron chi connectivity index (χ2n) is 13.2. The van der Waals surface area contributed by atoms with Crippen LogP contribution in [0.15, 0.2) is 59.5 Å². The van der Waals surface area contributed by atoms with Gasteiger partial charge in [-0.05, 0) is 89.1 Å². The summed E-state index contributed by atoms with van der Waals surface area (Å²) in [7, 11) is -3.63. The molecular formula is C37H44ClF3N2O6S. The summed E-state index contributed by atoms with van der Waals surface area (Å²) in [6.07, 6.45) is -0.326. The first-order valence-corrected chi connectivity index (χ1v) is 18.8. The highest BCUT2D eigenvalue weighted by molar-refractivity contribution is 7.90. The molecule has 2 fully saturated rings. The molecule has 0 saturated carbocycles. The number of amides is 1. The van der Waals surface area contributed by atoms with Gasteiger partial charge in [-0.3, -0.25) is 4.79 Å². The predicted octanol–water partition coefficient (Wildman–Crippen LogP) is 7.08. The maximum Gasteiger partial charge on any atom is 0.392 e. The summed E-state index contributed by atoms with van der Waals surface area (Å²) in [5.74, 6) is 0.574. The molecule has 3 aromatic carbocycles. The Labute approximate surface area is 298 Å². The smallest absolute Gasteiger partial charge is 0.392 e. The monoisotopic (exact) mass is 736 g/mol. The van der Waals surface area contributed by atoms with Crippen molar-refractivity contribution in [3.63, 3.8) is 0 Å². The fourth-order valence-electron chi connectivity index (χ4n) is 6.92. The number of rotatable bonds is 7. The standard InChI is InChI=1S/C24H26F3NO5S.C13H17NO.ClH/c1-34(30,31)20-4-5-22(33-11-8-24(25,26)27)21(13-20)23(29)28-14-18-3-2-17(12-19(18)15-28)16-6-9-32-10-7-16;1-2-12-8-14-9-13(12)7-11(1)10-3-5-15-6-4-10;/h2-5,12-13,16H,6-11,14-15H2,1H3;1-2,7,10,14H,3-6,8-9H2;1H. The Hall–Kier alpha value is -3.16. The molecule has 4 aliphatic heterocycles. The van der Waals surface area contributed by atoms with Gasteiger partial charge in [0.1, 0.15) is 5.75 Å². The van der Waals surface area contributed by atoms with Crippen molar-refractivity contribution in [1.82, 2.24) is 10.2 Å². The van der Waals surface area contributed by atoms with E-state index >= 15 is 0 Å². The van der Waals surface area contributed by atoms with Crippen molar-refractivity contribution in [2.45, 2.75) is 81.2 Å². The third kappa shape index (κ3) is 9.58. The average Bonchev–Trinajstić information content (AvgIpc) is 3.75. The number of nitrogens with one attached hydrogen (secondary N) is 1. The molecule has 50 heavy (non-hydrogen) atoms. The lowest BCUT2D eigenvalue weighted by Crippen LogP contribution is -2.26. The van der Waals surface area contributed by atoms with Crippen LogP contribution in [0, 0.1) is 0 Å². The molecule has 0 atom stereocenters. The molecule has 3 aromatic rings. The van der Waals surface area contributed by atoms with E-state index in [1.807, 2.05) is 6.07 Å². The van der Waals surface area contributed by atoms with Crippen LogP contribution < -0.4 is 10.1 Å². The summed E-state index contributed by atoms with van der Waals surface area (Å²) < 4.78 is 77.8. The number of hydrogen-bond acceptors (Lipinski definition) is 7. The fourth-order valence-corrected chi connectivity index (χ4v) is 7.57. The summed E-state index contributed by atoms with van der Waals surface area (Å²) in [5, 5.41) is 3.39. The summed E-state index contributed by atoms with van der Waals surface area (Å²) >= 11 is 0. The van der Waals surface area contributed by atoms with Crippen LogP contribution in [0.2, 0.25) is 0 Å². The maximum absolute atomic E-state index is 13.4. The highest BCUT2D eigenvalue weighted by Gasteiger charge is 2.30. The van der Waals surface area contributed by atoms with Gasteiger partial charge in [0.2, 0.25) is 0 Å². The van der Waals surface area contributed by atoms with Crippen molar-refractivity contribution in [1.29, 1.82) is 0 Å². The molecule has 1 N–H and O–H groups in total. The highest BCUT2D eigenvalue weighted by Crippen LogP contribution is 2.34. The zero-order valence-corrected chi connectivity index (χ0v) is 29.7. The Balaban J connectivity index is 0.000000252. The van der Waals surface area contributed by atoms with Gasteiger partial charge in [-0.2, -0.15) is 13.2 Å². The van der Waals surface area contributed by atoms with E-state index in [1.165, 1.54) is 53.3 Å². The Morgan fingerprint density at radius 2 is 1.38 bits per heavy atom. The largest absolute Gasteiger partial charge is 0.492 e. The molecule has 0 aromatic heterocycles. The minimum absolute atomic E-state index is 0. The number of carbonyl (C=O) groups excluding carboxylic acids is 1. The SMILES string of the molecule is CS(=O)(=O)c1ccc(OCCC(F)(F)F)c(C(=O)N2Cc3ccc(C4CCOCC4)cc3C2)c1.Cl.c1cc2c(cc1C1CCOCC1)CNC2. The predicted molar refractivity (Wildman–Crippen MR) is 186 cm³/mol. The summed E-state index contributed by atoms with van der Waals surface area (Å²) in [6, 6.07) is 16.8. The van der Waals surface area contributed by atoms with E-state index in [1.54, 1.807) is 4.90 Å². The summed E-state index contributed by atoms with van der Waals surface area (Å²) in [6.45, 7) is 5.39. The van der Waals surface area contributed by atoms with Gasteiger partial charge in [0.05, 0.1) is 23.5 Å². The third-order valence-electron chi connectivity index (χ3n) is 9.74. The number of nitrogens with zero attached hydrogens (tertiary/aromatic N) is 1. The van der Waals surface area contributed by atoms with Crippen molar-refractivity contribution in [3.8, 4) is 5.75 Å². The maximum atomic E-state index is 13.4. The number of halogens is 4. The first kappa shape index (κ1) is 38.1. The highest BCUT2D eigenvalue weighted by atomic mass is 35.5. The molecule has 7 rings (SSSR count). The Kier molecular flexibility index (Phi) is 12.5. The van der Waals surface area contributed by atoms with Crippen molar-refractivity contribution in [3.05, 3.63) is 93.5 Å². The van der Waals surface area contributed by atoms with E-state index in [0.29, 0.717) is 19.0 Å². The van der Waals surface area contributed by atoms with Gasteiger partial charge in [0, 0.05) is 58.9 Å². The van der Waals surface area contributed by atoms with E-state index in [9.17, 15) is 26.4 Å². The fraction of sp³-hybridized carbons (Fsp3) is 0.486. The molecule has 0 aliphatic carbocycles. The molecule has 1 amide bonds. The molecule has 4 aliphatic rings. The van der Waals surface area contributed by atoms with Crippen LogP contribution in [-0.2, 0) is 45.5 Å². The quantitative estimate of drug-likeness (QED) is 0.277. The molecule has 0 spiro atoms. The van der Waals surface area contributed by atoms with Gasteiger partial charge in [-0.1, -0.05) is 36.4 Å². The van der Waals surface area contributed by atoms with Gasteiger partial charge in [0.25, 0.3) is 5.91 Å². The minimum Gasteiger partial charge on any atom is -0.492 e. The van der Waals surface area contributed by atoms with Crippen LogP contribution in [0.3, 0.4) is 0 Å². The zero-order chi connectivity index (χ0) is 34.6. The first-order chi connectivity index (χ1) is 23.4. The summed E-state index contributed by atoms with van der Waals surface area (Å²) in [5.41, 5.74) is 7.62. The van der Waals surface area contributed by atoms with Crippen LogP contribution in [0.4, 0.5) is 13.2 Å². The number of fused-ring (bicyclic) bond motifs is 2. The second-order valence-corrected chi connectivity index (χ2v) is 15.3. The van der Waals surface area contributed by atoms with Crippen molar-refractivity contribution >= 4 is 28.2 Å². The van der Waals surface area contributed by atoms with Crippen LogP contribution in [0.5, 0.6) is 5.75 Å². The minimum atomic E-state index is -4.41. The van der Waals surface area contributed by atoms with Crippen molar-refractivity contribution in [2.24, 2.45) is 0 Å². The zero-order valence-electron chi connectivity index (χ0n) is 28.1. The average molecular weight is 737 g/mol. The molecule has 2 saturated heterocycles. The Morgan fingerprint density at radius 3 is 1.98 bits per heavy atom. The molecule has 13 heteroatoms. The molecular weight excluding hydrogens is 693 g/mol. The molecule has 8 nitrogen and oxygen atoms in total. The van der Waals surface area contributed by atoms with Gasteiger partial charge in [-0.15, -0.1) is 12.4 Å². The Bertz CT molecular complexity index is 1760. The van der Waals surface area contributed by atoms with Gasteiger partial charge in [-0.25, -0.2) is 8.42 Å². The van der Waals surface area contributed by atoms with Crippen LogP contribution in [-0.4, -0.2) is 64.7 Å². The van der Waals surface area contributed by atoms with Gasteiger partial charge in [0.15, 0.2) is 9.84 Å². The number of sulfone groups is 1.